The summed E-state index contributed by atoms with van der Waals surface area (Å²) in [5.74, 6) is 0. The van der Waals surface area contributed by atoms with Crippen molar-refractivity contribution >= 4 is 20.7 Å². The van der Waals surface area contributed by atoms with Gasteiger partial charge in [0.15, 0.2) is 9.84 Å². The number of hydrogen-bond acceptors (Lipinski definition) is 4. The van der Waals surface area contributed by atoms with E-state index in [1.807, 2.05) is 19.1 Å². The summed E-state index contributed by atoms with van der Waals surface area (Å²) >= 11 is 0. The van der Waals surface area contributed by atoms with Crippen LogP contribution in [-0.2, 0) is 9.84 Å². The Morgan fingerprint density at radius 1 is 1.20 bits per heavy atom. The monoisotopic (exact) mass is 293 g/mol. The topological polar surface area (TPSA) is 67.3 Å². The minimum absolute atomic E-state index is 0.582. The largest absolute Gasteiger partial charge is 0.387 e. The van der Waals surface area contributed by atoms with Gasteiger partial charge in [-0.25, -0.2) is 8.42 Å². The van der Waals surface area contributed by atoms with Gasteiger partial charge in [-0.05, 0) is 44.5 Å². The Hall–Kier alpha value is -1.46. The van der Waals surface area contributed by atoms with Gasteiger partial charge in [0, 0.05) is 17.3 Å². The van der Waals surface area contributed by atoms with Gasteiger partial charge < -0.3 is 5.11 Å². The molecule has 0 saturated carbocycles. The number of aromatic nitrogens is 1. The zero-order valence-corrected chi connectivity index (χ0v) is 12.9. The molecule has 0 radical (unpaired) electrons. The molecule has 5 heteroatoms. The fourth-order valence-electron chi connectivity index (χ4n) is 2.02. The quantitative estimate of drug-likeness (QED) is 0.943. The molecule has 1 N–H and O–H groups in total. The van der Waals surface area contributed by atoms with Gasteiger partial charge in [-0.15, -0.1) is 0 Å². The molecule has 0 spiro atoms. The maximum Gasteiger partial charge on any atom is 0.155 e. The molecule has 1 heterocycles. The maximum absolute atomic E-state index is 11.8. The van der Waals surface area contributed by atoms with Crippen molar-refractivity contribution in [2.45, 2.75) is 31.6 Å². The van der Waals surface area contributed by atoms with Crippen molar-refractivity contribution in [2.24, 2.45) is 0 Å². The number of aliphatic hydroxyl groups is 1. The zero-order chi connectivity index (χ0) is 15.1. The van der Waals surface area contributed by atoms with E-state index in [4.69, 9.17) is 0 Å². The van der Waals surface area contributed by atoms with Crippen molar-refractivity contribution in [1.82, 2.24) is 4.98 Å². The first-order valence-electron chi connectivity index (χ1n) is 6.38. The second kappa shape index (κ2) is 4.82. The Bertz CT molecular complexity index is 751. The van der Waals surface area contributed by atoms with Crippen molar-refractivity contribution < 1.29 is 13.5 Å². The normalized spacial score (nSPS) is 14.4. The van der Waals surface area contributed by atoms with E-state index in [0.29, 0.717) is 5.56 Å². The smallest absolute Gasteiger partial charge is 0.155 e. The summed E-state index contributed by atoms with van der Waals surface area (Å²) < 4.78 is 22.4. The summed E-state index contributed by atoms with van der Waals surface area (Å²) in [6.07, 6.45) is 0.0607. The van der Waals surface area contributed by atoms with Crippen molar-refractivity contribution in [3.63, 3.8) is 0 Å². The molecule has 0 amide bonds. The van der Waals surface area contributed by atoms with Gasteiger partial charge >= 0.3 is 0 Å². The van der Waals surface area contributed by atoms with Crippen molar-refractivity contribution in [3.05, 3.63) is 41.6 Å². The van der Waals surface area contributed by atoms with Gasteiger partial charge in [-0.2, -0.15) is 0 Å². The molecule has 1 atom stereocenters. The number of fused-ring (bicyclic) bond motifs is 1. The molecule has 0 saturated heterocycles. The minimum atomic E-state index is -3.38. The van der Waals surface area contributed by atoms with E-state index in [0.717, 1.165) is 22.9 Å². The molecule has 0 fully saturated rings. The van der Waals surface area contributed by atoms with Crippen molar-refractivity contribution in [2.75, 3.05) is 6.26 Å². The van der Waals surface area contributed by atoms with E-state index in [1.165, 1.54) is 13.8 Å². The molecule has 1 aromatic carbocycles. The molecule has 2 rings (SSSR count). The standard InChI is InChI=1S/C15H19NO3S/c1-10-5-6-11-9-12(7-8-13(11)16-10)14(17)15(2,3)20(4,18)19/h5-9,14,17H,1-4H3. The average molecular weight is 293 g/mol. The molecule has 0 aliphatic rings. The number of pyridine rings is 1. The van der Waals surface area contributed by atoms with E-state index in [2.05, 4.69) is 4.98 Å². The summed E-state index contributed by atoms with van der Waals surface area (Å²) in [6.45, 7) is 4.98. The predicted molar refractivity (Wildman–Crippen MR) is 80.4 cm³/mol. The number of rotatable bonds is 3. The molecule has 4 nitrogen and oxygen atoms in total. The lowest BCUT2D eigenvalue weighted by Crippen LogP contribution is -2.37. The summed E-state index contributed by atoms with van der Waals surface area (Å²) in [6, 6.07) is 9.13. The van der Waals surface area contributed by atoms with Gasteiger partial charge in [-0.3, -0.25) is 4.98 Å². The van der Waals surface area contributed by atoms with Crippen LogP contribution in [0, 0.1) is 6.92 Å². The first kappa shape index (κ1) is 14.9. The van der Waals surface area contributed by atoms with Crippen molar-refractivity contribution in [3.8, 4) is 0 Å². The molecule has 108 valence electrons. The molecule has 1 unspecified atom stereocenters. The Kier molecular flexibility index (Phi) is 3.60. The predicted octanol–water partition coefficient (Wildman–Crippen LogP) is 2.40. The lowest BCUT2D eigenvalue weighted by molar-refractivity contribution is 0.139. The third kappa shape index (κ3) is 2.55. The maximum atomic E-state index is 11.8. The average Bonchev–Trinajstić information content (AvgIpc) is 2.35. The fourth-order valence-corrected chi connectivity index (χ4v) is 2.56. The summed E-state index contributed by atoms with van der Waals surface area (Å²) in [7, 11) is -3.38. The highest BCUT2D eigenvalue weighted by atomic mass is 32.2. The molecule has 20 heavy (non-hydrogen) atoms. The number of hydrogen-bond donors (Lipinski definition) is 1. The summed E-state index contributed by atoms with van der Waals surface area (Å²) in [4.78, 5) is 4.39. The second-order valence-electron chi connectivity index (χ2n) is 5.68. The first-order valence-corrected chi connectivity index (χ1v) is 8.27. The molecule has 0 aliphatic carbocycles. The lowest BCUT2D eigenvalue weighted by atomic mass is 9.97. The third-order valence-corrected chi connectivity index (χ3v) is 5.92. The number of aliphatic hydroxyl groups excluding tert-OH is 1. The van der Waals surface area contributed by atoms with Crippen LogP contribution in [0.25, 0.3) is 10.9 Å². The Balaban J connectivity index is 2.51. The molecule has 0 aliphatic heterocycles. The Labute approximate surface area is 119 Å². The van der Waals surface area contributed by atoms with Crippen LogP contribution in [0.3, 0.4) is 0 Å². The third-order valence-electron chi connectivity index (χ3n) is 3.78. The number of nitrogens with zero attached hydrogens (tertiary/aromatic N) is 1. The van der Waals surface area contributed by atoms with Crippen LogP contribution in [0.15, 0.2) is 30.3 Å². The van der Waals surface area contributed by atoms with Crippen LogP contribution in [0.4, 0.5) is 0 Å². The highest BCUT2D eigenvalue weighted by molar-refractivity contribution is 7.92. The highest BCUT2D eigenvalue weighted by Gasteiger charge is 2.38. The van der Waals surface area contributed by atoms with Crippen LogP contribution in [0.1, 0.15) is 31.2 Å². The van der Waals surface area contributed by atoms with Crippen LogP contribution >= 0.6 is 0 Å². The SMILES string of the molecule is Cc1ccc2cc(C(O)C(C)(C)S(C)(=O)=O)ccc2n1. The molecule has 2 aromatic rings. The fraction of sp³-hybridized carbons (Fsp3) is 0.400. The van der Waals surface area contributed by atoms with Gasteiger partial charge in [0.1, 0.15) is 0 Å². The Morgan fingerprint density at radius 3 is 2.45 bits per heavy atom. The summed E-state index contributed by atoms with van der Waals surface area (Å²) in [5.41, 5.74) is 2.33. The zero-order valence-electron chi connectivity index (χ0n) is 12.1. The van der Waals surface area contributed by atoms with E-state index >= 15 is 0 Å². The van der Waals surface area contributed by atoms with E-state index < -0.39 is 20.7 Å². The van der Waals surface area contributed by atoms with Crippen LogP contribution in [-0.4, -0.2) is 29.5 Å². The minimum Gasteiger partial charge on any atom is -0.387 e. The number of aryl methyl sites for hydroxylation is 1. The molecule has 0 bridgehead atoms. The van der Waals surface area contributed by atoms with Gasteiger partial charge in [0.2, 0.25) is 0 Å². The van der Waals surface area contributed by atoms with Crippen LogP contribution in [0.5, 0.6) is 0 Å². The van der Waals surface area contributed by atoms with Gasteiger partial charge in [0.25, 0.3) is 0 Å². The van der Waals surface area contributed by atoms with E-state index in [9.17, 15) is 13.5 Å². The van der Waals surface area contributed by atoms with Gasteiger partial charge in [0.05, 0.1) is 16.4 Å². The van der Waals surface area contributed by atoms with Gasteiger partial charge in [-0.1, -0.05) is 12.1 Å². The molecular weight excluding hydrogens is 274 g/mol. The Morgan fingerprint density at radius 2 is 1.85 bits per heavy atom. The van der Waals surface area contributed by atoms with E-state index in [-0.39, 0.29) is 0 Å². The van der Waals surface area contributed by atoms with Crippen LogP contribution < -0.4 is 0 Å². The lowest BCUT2D eigenvalue weighted by Gasteiger charge is -2.29. The molecular formula is C15H19NO3S. The number of sulfone groups is 1. The molecule has 1 aromatic heterocycles. The van der Waals surface area contributed by atoms with Crippen molar-refractivity contribution in [1.29, 1.82) is 0 Å². The first-order chi connectivity index (χ1) is 9.13. The number of benzene rings is 1. The second-order valence-corrected chi connectivity index (χ2v) is 8.28. The summed E-state index contributed by atoms with van der Waals surface area (Å²) in [5, 5.41) is 11.3. The van der Waals surface area contributed by atoms with Crippen LogP contribution in [0.2, 0.25) is 0 Å². The van der Waals surface area contributed by atoms with E-state index in [1.54, 1.807) is 18.2 Å². The highest BCUT2D eigenvalue weighted by Crippen LogP contribution is 2.33.